The lowest BCUT2D eigenvalue weighted by atomic mass is 10.1. The highest BCUT2D eigenvalue weighted by molar-refractivity contribution is 5.70. The molecule has 0 saturated carbocycles. The van der Waals surface area contributed by atoms with Gasteiger partial charge in [0.1, 0.15) is 0 Å². The third-order valence-electron chi connectivity index (χ3n) is 2.74. The van der Waals surface area contributed by atoms with E-state index in [1.807, 2.05) is 31.0 Å². The van der Waals surface area contributed by atoms with Gasteiger partial charge in [0.15, 0.2) is 0 Å². The Kier molecular flexibility index (Phi) is 4.11. The van der Waals surface area contributed by atoms with E-state index in [0.717, 1.165) is 11.3 Å². The highest BCUT2D eigenvalue weighted by atomic mass is 16.4. The van der Waals surface area contributed by atoms with Crippen molar-refractivity contribution in [3.05, 3.63) is 29.3 Å². The standard InChI is InChI=1S/C13H16N2O2/c1-9-6-12(5-4-11(9)7-14)15(3)8-10(2)13(16)17/h4-6,10H,8H2,1-3H3,(H,16,17). The molecule has 1 aromatic rings. The first-order chi connectivity index (χ1) is 7.95. The van der Waals surface area contributed by atoms with Gasteiger partial charge in [-0.05, 0) is 30.7 Å². The summed E-state index contributed by atoms with van der Waals surface area (Å²) in [5.74, 6) is -1.22. The SMILES string of the molecule is Cc1cc(N(C)CC(C)C(=O)O)ccc1C#N. The molecule has 0 saturated heterocycles. The van der Waals surface area contributed by atoms with Crippen LogP contribution < -0.4 is 4.90 Å². The summed E-state index contributed by atoms with van der Waals surface area (Å²) in [6, 6.07) is 7.59. The molecule has 1 N–H and O–H groups in total. The second-order valence-corrected chi connectivity index (χ2v) is 4.23. The minimum absolute atomic E-state index is 0.420. The Bertz CT molecular complexity index is 463. The van der Waals surface area contributed by atoms with Crippen LogP contribution in [0.15, 0.2) is 18.2 Å². The summed E-state index contributed by atoms with van der Waals surface area (Å²) < 4.78 is 0. The van der Waals surface area contributed by atoms with Crippen molar-refractivity contribution >= 4 is 11.7 Å². The number of carbonyl (C=O) groups is 1. The summed E-state index contributed by atoms with van der Waals surface area (Å²) in [4.78, 5) is 12.6. The number of anilines is 1. The zero-order valence-electron chi connectivity index (χ0n) is 10.3. The average molecular weight is 232 g/mol. The molecule has 0 bridgehead atoms. The number of aliphatic carboxylic acids is 1. The maximum absolute atomic E-state index is 10.8. The fourth-order valence-corrected chi connectivity index (χ4v) is 1.61. The van der Waals surface area contributed by atoms with E-state index in [0.29, 0.717) is 12.1 Å². The molecular weight excluding hydrogens is 216 g/mol. The van der Waals surface area contributed by atoms with Gasteiger partial charge in [0.2, 0.25) is 0 Å². The zero-order valence-corrected chi connectivity index (χ0v) is 10.3. The predicted molar refractivity (Wildman–Crippen MR) is 66.0 cm³/mol. The van der Waals surface area contributed by atoms with Crippen LogP contribution in [0, 0.1) is 24.2 Å². The van der Waals surface area contributed by atoms with Gasteiger partial charge < -0.3 is 10.0 Å². The van der Waals surface area contributed by atoms with E-state index in [1.165, 1.54) is 0 Å². The van der Waals surface area contributed by atoms with Crippen LogP contribution in [-0.4, -0.2) is 24.7 Å². The predicted octanol–water partition coefficient (Wildman–Crippen LogP) is 2.02. The van der Waals surface area contributed by atoms with E-state index in [9.17, 15) is 4.79 Å². The second kappa shape index (κ2) is 5.35. The number of carboxylic acids is 1. The third kappa shape index (κ3) is 3.22. The topological polar surface area (TPSA) is 64.3 Å². The minimum Gasteiger partial charge on any atom is -0.481 e. The molecule has 0 spiro atoms. The molecule has 4 nitrogen and oxygen atoms in total. The summed E-state index contributed by atoms with van der Waals surface area (Å²) in [5, 5.41) is 17.7. The molecule has 1 rings (SSSR count). The number of nitrogens with zero attached hydrogens (tertiary/aromatic N) is 2. The Morgan fingerprint density at radius 1 is 1.59 bits per heavy atom. The van der Waals surface area contributed by atoms with E-state index in [-0.39, 0.29) is 0 Å². The van der Waals surface area contributed by atoms with E-state index >= 15 is 0 Å². The summed E-state index contributed by atoms with van der Waals surface area (Å²) in [7, 11) is 1.85. The molecule has 0 fully saturated rings. The smallest absolute Gasteiger partial charge is 0.308 e. The molecule has 0 amide bonds. The lowest BCUT2D eigenvalue weighted by Crippen LogP contribution is -2.28. The van der Waals surface area contributed by atoms with Crippen LogP contribution >= 0.6 is 0 Å². The monoisotopic (exact) mass is 232 g/mol. The van der Waals surface area contributed by atoms with Crippen LogP contribution in [-0.2, 0) is 4.79 Å². The van der Waals surface area contributed by atoms with Crippen molar-refractivity contribution in [2.45, 2.75) is 13.8 Å². The minimum atomic E-state index is -0.804. The molecule has 17 heavy (non-hydrogen) atoms. The van der Waals surface area contributed by atoms with Crippen LogP contribution in [0.4, 0.5) is 5.69 Å². The number of hydrogen-bond donors (Lipinski definition) is 1. The highest BCUT2D eigenvalue weighted by Crippen LogP contribution is 2.18. The van der Waals surface area contributed by atoms with Crippen molar-refractivity contribution in [3.8, 4) is 6.07 Å². The molecule has 0 heterocycles. The van der Waals surface area contributed by atoms with Gasteiger partial charge in [-0.2, -0.15) is 5.26 Å². The highest BCUT2D eigenvalue weighted by Gasteiger charge is 2.14. The van der Waals surface area contributed by atoms with E-state index in [2.05, 4.69) is 6.07 Å². The second-order valence-electron chi connectivity index (χ2n) is 4.23. The van der Waals surface area contributed by atoms with E-state index in [1.54, 1.807) is 13.0 Å². The number of carboxylic acid groups (broad SMARTS) is 1. The van der Waals surface area contributed by atoms with Gasteiger partial charge >= 0.3 is 5.97 Å². The van der Waals surface area contributed by atoms with E-state index < -0.39 is 11.9 Å². The zero-order chi connectivity index (χ0) is 13.0. The normalized spacial score (nSPS) is 11.6. The Labute approximate surface area is 101 Å². The van der Waals surface area contributed by atoms with Gasteiger partial charge in [-0.25, -0.2) is 0 Å². The number of nitriles is 1. The van der Waals surface area contributed by atoms with Crippen LogP contribution in [0.25, 0.3) is 0 Å². The van der Waals surface area contributed by atoms with Crippen LogP contribution in [0.5, 0.6) is 0 Å². The van der Waals surface area contributed by atoms with Gasteiger partial charge in [-0.15, -0.1) is 0 Å². The summed E-state index contributed by atoms with van der Waals surface area (Å²) in [5.41, 5.74) is 2.47. The van der Waals surface area contributed by atoms with Crippen molar-refractivity contribution in [2.24, 2.45) is 5.92 Å². The first kappa shape index (κ1) is 13.0. The average Bonchev–Trinajstić information content (AvgIpc) is 2.28. The first-order valence-corrected chi connectivity index (χ1v) is 5.40. The molecule has 0 aromatic heterocycles. The Morgan fingerprint density at radius 3 is 2.71 bits per heavy atom. The first-order valence-electron chi connectivity index (χ1n) is 5.40. The summed E-state index contributed by atoms with van der Waals surface area (Å²) >= 11 is 0. The van der Waals surface area contributed by atoms with Crippen LogP contribution in [0.1, 0.15) is 18.1 Å². The lowest BCUT2D eigenvalue weighted by Gasteiger charge is -2.22. The largest absolute Gasteiger partial charge is 0.481 e. The van der Waals surface area contributed by atoms with Gasteiger partial charge in [0.25, 0.3) is 0 Å². The number of hydrogen-bond acceptors (Lipinski definition) is 3. The maximum Gasteiger partial charge on any atom is 0.308 e. The molecule has 4 heteroatoms. The third-order valence-corrected chi connectivity index (χ3v) is 2.74. The molecule has 0 radical (unpaired) electrons. The van der Waals surface area contributed by atoms with Crippen molar-refractivity contribution in [2.75, 3.05) is 18.5 Å². The van der Waals surface area contributed by atoms with Gasteiger partial charge in [-0.1, -0.05) is 6.92 Å². The lowest BCUT2D eigenvalue weighted by molar-refractivity contribution is -0.140. The van der Waals surface area contributed by atoms with Gasteiger partial charge in [-0.3, -0.25) is 4.79 Å². The van der Waals surface area contributed by atoms with Crippen molar-refractivity contribution in [1.29, 1.82) is 5.26 Å². The van der Waals surface area contributed by atoms with Crippen molar-refractivity contribution in [3.63, 3.8) is 0 Å². The molecule has 1 unspecified atom stereocenters. The Balaban J connectivity index is 2.83. The summed E-state index contributed by atoms with van der Waals surface area (Å²) in [6.07, 6.45) is 0. The molecule has 90 valence electrons. The van der Waals surface area contributed by atoms with Gasteiger partial charge in [0.05, 0.1) is 17.6 Å². The van der Waals surface area contributed by atoms with E-state index in [4.69, 9.17) is 10.4 Å². The quantitative estimate of drug-likeness (QED) is 0.862. The number of benzene rings is 1. The maximum atomic E-state index is 10.8. The van der Waals surface area contributed by atoms with Crippen LogP contribution in [0.3, 0.4) is 0 Å². The molecule has 0 aliphatic carbocycles. The molecule has 1 atom stereocenters. The van der Waals surface area contributed by atoms with Crippen LogP contribution in [0.2, 0.25) is 0 Å². The van der Waals surface area contributed by atoms with Gasteiger partial charge in [0, 0.05) is 19.3 Å². The molecular formula is C13H16N2O2. The van der Waals surface area contributed by atoms with Crippen molar-refractivity contribution in [1.82, 2.24) is 0 Å². The summed E-state index contributed by atoms with van der Waals surface area (Å²) in [6.45, 7) is 3.99. The van der Waals surface area contributed by atoms with Crippen molar-refractivity contribution < 1.29 is 9.90 Å². The number of rotatable bonds is 4. The molecule has 0 aliphatic heterocycles. The fourth-order valence-electron chi connectivity index (χ4n) is 1.61. The molecule has 1 aromatic carbocycles. The molecule has 0 aliphatic rings. The Hall–Kier alpha value is -2.02. The Morgan fingerprint density at radius 2 is 2.24 bits per heavy atom. The fraction of sp³-hybridized carbons (Fsp3) is 0.385. The number of aryl methyl sites for hydroxylation is 1.